The van der Waals surface area contributed by atoms with Crippen LogP contribution in [-0.4, -0.2) is 101 Å². The summed E-state index contributed by atoms with van der Waals surface area (Å²) in [5.74, 6) is 0.826. The van der Waals surface area contributed by atoms with Crippen molar-refractivity contribution in [1.82, 2.24) is 19.9 Å². The fourth-order valence-electron chi connectivity index (χ4n) is 6.37. The van der Waals surface area contributed by atoms with E-state index in [0.717, 1.165) is 61.3 Å². The van der Waals surface area contributed by atoms with E-state index in [1.54, 1.807) is 73.1 Å². The van der Waals surface area contributed by atoms with Crippen LogP contribution < -0.4 is 15.5 Å². The van der Waals surface area contributed by atoms with E-state index in [1.807, 2.05) is 45.0 Å². The lowest BCUT2D eigenvalue weighted by Crippen LogP contribution is -2.36. The summed E-state index contributed by atoms with van der Waals surface area (Å²) < 4.78 is 10.8. The van der Waals surface area contributed by atoms with Gasteiger partial charge in [-0.1, -0.05) is 52.5 Å². The summed E-state index contributed by atoms with van der Waals surface area (Å²) in [7, 11) is 0. The van der Waals surface area contributed by atoms with Crippen molar-refractivity contribution in [3.63, 3.8) is 0 Å². The molecule has 318 valence electrons. The smallest absolute Gasteiger partial charge is 0.300 e. The minimum Gasteiger partial charge on any atom is -0.481 e. The number of rotatable bonds is 8. The number of morpholine rings is 2. The van der Waals surface area contributed by atoms with Crippen molar-refractivity contribution in [1.29, 1.82) is 0 Å². The largest absolute Gasteiger partial charge is 0.481 e. The molecule has 4 aromatic carbocycles. The molecule has 0 amide bonds. The third kappa shape index (κ3) is 12.2. The number of nitrogens with zero attached hydrogens (tertiary/aromatic N) is 6. The molecule has 0 spiro atoms. The number of Topliss-reactive ketones (excluding diaryl/α,β-unsaturated/α-hetero) is 1. The number of fused-ring (bicyclic) bond motifs is 2. The zero-order valence-electron chi connectivity index (χ0n) is 34.3. The Bertz CT molecular complexity index is 2470. The van der Waals surface area contributed by atoms with Crippen molar-refractivity contribution in [2.45, 2.75) is 41.5 Å². The van der Waals surface area contributed by atoms with Crippen LogP contribution in [0.3, 0.4) is 0 Å². The molecule has 0 aliphatic carbocycles. The number of nitrogen functional groups attached to an aromatic ring is 1. The van der Waals surface area contributed by atoms with Gasteiger partial charge in [0.15, 0.2) is 11.6 Å². The highest BCUT2D eigenvalue weighted by molar-refractivity contribution is 6.11. The maximum Gasteiger partial charge on any atom is 0.300 e. The standard InChI is InChI=1S/C25H27N3O3.C19H18N4O2.C2H4O2.CH4/c1-25(2,3)22(29)14-17-4-6-18(7-5-17)24(30)19-8-9-20-21(15-19)27-23(16-26-20)28-10-12-31-13-11-28;20-15-4-1-13(2-5-15)19(24)14-3-6-16-17(11-14)22-18(12-21-16)23-7-9-25-10-8-23;1-2(3)4;/h4-9,15-16H,10-14H2,1-3H3;1-6,11-12H,7-10,20H2;1H3,(H,3,4);1H4. The van der Waals surface area contributed by atoms with Gasteiger partial charge in [-0.3, -0.25) is 29.1 Å². The molecule has 6 aromatic rings. The van der Waals surface area contributed by atoms with Crippen LogP contribution in [0.4, 0.5) is 17.3 Å². The predicted molar refractivity (Wildman–Crippen MR) is 238 cm³/mol. The Kier molecular flexibility index (Phi) is 15.3. The number of hydrogen-bond acceptors (Lipinski definition) is 13. The number of ketones is 3. The number of carboxylic acid groups (broad SMARTS) is 1. The maximum absolute atomic E-state index is 13.0. The molecule has 2 aliphatic rings. The Morgan fingerprint density at radius 2 is 1.00 bits per heavy atom. The van der Waals surface area contributed by atoms with Gasteiger partial charge in [0.1, 0.15) is 17.4 Å². The Labute approximate surface area is 355 Å². The molecule has 2 saturated heterocycles. The lowest BCUT2D eigenvalue weighted by Gasteiger charge is -2.27. The van der Waals surface area contributed by atoms with Gasteiger partial charge in [-0.05, 0) is 66.2 Å². The average molecular weight is 828 g/mol. The van der Waals surface area contributed by atoms with Gasteiger partial charge in [-0.2, -0.15) is 0 Å². The summed E-state index contributed by atoms with van der Waals surface area (Å²) in [6.45, 7) is 12.7. The fourth-order valence-corrected chi connectivity index (χ4v) is 6.37. The highest BCUT2D eigenvalue weighted by Crippen LogP contribution is 2.23. The molecule has 2 fully saturated rings. The van der Waals surface area contributed by atoms with Crippen molar-refractivity contribution in [2.24, 2.45) is 5.41 Å². The van der Waals surface area contributed by atoms with Gasteiger partial charge < -0.3 is 30.1 Å². The SMILES string of the molecule is C.CC(=O)O.CC(C)(C)C(=O)Cc1ccc(C(=O)c2ccc3ncc(N4CCOCC4)nc3c2)cc1.Nc1ccc(C(=O)c2ccc3ncc(N4CCOCC4)nc3c2)cc1. The van der Waals surface area contributed by atoms with Crippen LogP contribution >= 0.6 is 0 Å². The number of ether oxygens (including phenoxy) is 2. The molecule has 2 aromatic heterocycles. The van der Waals surface area contributed by atoms with Crippen LogP contribution in [0, 0.1) is 5.41 Å². The molecule has 4 heterocycles. The van der Waals surface area contributed by atoms with Crippen molar-refractivity contribution in [3.8, 4) is 0 Å². The molecule has 0 radical (unpaired) electrons. The lowest BCUT2D eigenvalue weighted by atomic mass is 9.87. The first-order chi connectivity index (χ1) is 28.7. The summed E-state index contributed by atoms with van der Waals surface area (Å²) in [5.41, 5.74) is 12.1. The van der Waals surface area contributed by atoms with E-state index in [2.05, 4.69) is 24.8 Å². The zero-order chi connectivity index (χ0) is 42.8. The van der Waals surface area contributed by atoms with Crippen molar-refractivity contribution >= 4 is 62.7 Å². The number of carboxylic acids is 1. The van der Waals surface area contributed by atoms with E-state index in [0.29, 0.717) is 71.8 Å². The fraction of sp³-hybridized carbons (Fsp3) is 0.319. The number of hydrogen-bond donors (Lipinski definition) is 2. The molecule has 8 rings (SSSR count). The summed E-state index contributed by atoms with van der Waals surface area (Å²) in [6, 6.07) is 25.0. The highest BCUT2D eigenvalue weighted by Gasteiger charge is 2.22. The summed E-state index contributed by atoms with van der Waals surface area (Å²) in [6.07, 6.45) is 3.91. The van der Waals surface area contributed by atoms with Crippen LogP contribution in [-0.2, 0) is 25.5 Å². The van der Waals surface area contributed by atoms with E-state index in [9.17, 15) is 14.4 Å². The second-order valence-electron chi connectivity index (χ2n) is 15.4. The second kappa shape index (κ2) is 20.6. The van der Waals surface area contributed by atoms with Crippen molar-refractivity contribution < 1.29 is 33.8 Å². The third-order valence-corrected chi connectivity index (χ3v) is 9.84. The average Bonchev–Trinajstić information content (AvgIpc) is 3.26. The third-order valence-electron chi connectivity index (χ3n) is 9.84. The Balaban J connectivity index is 0.000000213. The Hall–Kier alpha value is -6.64. The van der Waals surface area contributed by atoms with E-state index in [-0.39, 0.29) is 30.2 Å². The van der Waals surface area contributed by atoms with Gasteiger partial charge in [0.05, 0.1) is 60.9 Å². The van der Waals surface area contributed by atoms with Gasteiger partial charge in [0.25, 0.3) is 5.97 Å². The molecule has 14 nitrogen and oxygen atoms in total. The van der Waals surface area contributed by atoms with E-state index < -0.39 is 5.97 Å². The summed E-state index contributed by atoms with van der Waals surface area (Å²) >= 11 is 0. The van der Waals surface area contributed by atoms with Crippen molar-refractivity contribution in [3.05, 3.63) is 125 Å². The summed E-state index contributed by atoms with van der Waals surface area (Å²) in [4.78, 5) is 69.6. The van der Waals surface area contributed by atoms with Gasteiger partial charge in [0, 0.05) is 72.9 Å². The molecule has 61 heavy (non-hydrogen) atoms. The highest BCUT2D eigenvalue weighted by atomic mass is 16.5. The first-order valence-electron chi connectivity index (χ1n) is 19.7. The van der Waals surface area contributed by atoms with Crippen molar-refractivity contribution in [2.75, 3.05) is 68.1 Å². The van der Waals surface area contributed by atoms with Gasteiger partial charge in [-0.15, -0.1) is 0 Å². The molecule has 3 N–H and O–H groups in total. The quantitative estimate of drug-likeness (QED) is 0.119. The maximum atomic E-state index is 13.0. The van der Waals surface area contributed by atoms with Crippen LogP contribution in [0.2, 0.25) is 0 Å². The normalized spacial score (nSPS) is 13.8. The molecule has 2 aliphatic heterocycles. The van der Waals surface area contributed by atoms with E-state index in [1.165, 1.54) is 0 Å². The number of aliphatic carboxylic acids is 1. The molecular formula is C47H53N7O7. The Morgan fingerprint density at radius 3 is 1.39 bits per heavy atom. The molecule has 0 unspecified atom stereocenters. The molecular weight excluding hydrogens is 775 g/mol. The van der Waals surface area contributed by atoms with E-state index >= 15 is 0 Å². The van der Waals surface area contributed by atoms with E-state index in [4.69, 9.17) is 30.1 Å². The number of carbonyl (C=O) groups is 4. The predicted octanol–water partition coefficient (Wildman–Crippen LogP) is 6.86. The molecule has 0 atom stereocenters. The number of carbonyl (C=O) groups excluding carboxylic acids is 3. The van der Waals surface area contributed by atoms with Crippen LogP contribution in [0.1, 0.15) is 72.5 Å². The molecule has 0 bridgehead atoms. The van der Waals surface area contributed by atoms with Crippen LogP contribution in [0.15, 0.2) is 97.3 Å². The lowest BCUT2D eigenvalue weighted by molar-refractivity contribution is -0.134. The summed E-state index contributed by atoms with van der Waals surface area (Å²) in [5, 5.41) is 7.42. The number of aromatic nitrogens is 4. The first-order valence-corrected chi connectivity index (χ1v) is 19.7. The van der Waals surface area contributed by atoms with Crippen LogP contribution in [0.25, 0.3) is 22.1 Å². The first kappa shape index (κ1) is 45.4. The Morgan fingerprint density at radius 1 is 0.623 bits per heavy atom. The monoisotopic (exact) mass is 827 g/mol. The number of nitrogens with two attached hydrogens (primary N) is 1. The topological polar surface area (TPSA) is 191 Å². The molecule has 0 saturated carbocycles. The van der Waals surface area contributed by atoms with Crippen LogP contribution in [0.5, 0.6) is 0 Å². The molecule has 14 heteroatoms. The van der Waals surface area contributed by atoms with Gasteiger partial charge >= 0.3 is 0 Å². The number of anilines is 3. The van der Waals surface area contributed by atoms with Gasteiger partial charge in [0.2, 0.25) is 0 Å². The zero-order valence-corrected chi connectivity index (χ0v) is 34.3. The number of benzene rings is 4. The minimum absolute atomic E-state index is 0. The second-order valence-corrected chi connectivity index (χ2v) is 15.4. The van der Waals surface area contributed by atoms with Gasteiger partial charge in [-0.25, -0.2) is 9.97 Å². The minimum atomic E-state index is -0.833.